The Balaban J connectivity index is 1.90. The molecular weight excluding hydrogens is 345 g/mol. The second-order valence-corrected chi connectivity index (χ2v) is 9.18. The highest BCUT2D eigenvalue weighted by atomic mass is 31.2. The zero-order valence-electron chi connectivity index (χ0n) is 17.7. The van der Waals surface area contributed by atoms with E-state index >= 15 is 0 Å². The summed E-state index contributed by atoms with van der Waals surface area (Å²) in [5.41, 5.74) is 0. The fourth-order valence-corrected chi connectivity index (χ4v) is 4.73. The summed E-state index contributed by atoms with van der Waals surface area (Å²) in [7, 11) is 2.57. The minimum absolute atomic E-state index is 0.691. The predicted molar refractivity (Wildman–Crippen MR) is 111 cm³/mol. The lowest BCUT2D eigenvalue weighted by molar-refractivity contribution is -0.627. The molecule has 26 heavy (non-hydrogen) atoms. The third kappa shape index (κ3) is 12.6. The number of unbranched alkanes of at least 4 members (excludes halogenated alkanes) is 5. The van der Waals surface area contributed by atoms with Gasteiger partial charge in [0.2, 0.25) is 0 Å². The highest BCUT2D eigenvalue weighted by molar-refractivity contribution is 7.41. The first-order chi connectivity index (χ1) is 12.8. The van der Waals surface area contributed by atoms with Crippen LogP contribution >= 0.6 is 8.60 Å². The third-order valence-corrected chi connectivity index (χ3v) is 6.72. The second kappa shape index (κ2) is 17.4. The predicted octanol–water partition coefficient (Wildman–Crippen LogP) is 5.42. The first-order valence-corrected chi connectivity index (χ1v) is 12.3. The standard InChI is InChI=1S/C21H44NO3P/c1-4-5-8-11-20-13-15-21(16-14-20)12-9-6-7-10-18-24-26(23-3)25-19-17-22-2/h20-22H,4-19H2,1-3H3/p+1. The van der Waals surface area contributed by atoms with Crippen molar-refractivity contribution in [3.63, 3.8) is 0 Å². The molecule has 0 saturated heterocycles. The molecule has 1 atom stereocenters. The third-order valence-electron chi connectivity index (χ3n) is 5.64. The summed E-state index contributed by atoms with van der Waals surface area (Å²) >= 11 is 0. The molecule has 0 radical (unpaired) electrons. The molecule has 0 aromatic carbocycles. The molecule has 1 aliphatic carbocycles. The zero-order valence-corrected chi connectivity index (χ0v) is 18.6. The molecule has 0 heterocycles. The number of quaternary nitrogens is 1. The number of hydrogen-bond donors (Lipinski definition) is 1. The fraction of sp³-hybridized carbons (Fsp3) is 1.00. The molecular formula is C21H45NO3P+. The summed E-state index contributed by atoms with van der Waals surface area (Å²) in [5, 5.41) is 2.10. The van der Waals surface area contributed by atoms with Gasteiger partial charge in [-0.05, 0) is 18.3 Å². The largest absolute Gasteiger partial charge is 0.347 e. The Kier molecular flexibility index (Phi) is 16.2. The van der Waals surface area contributed by atoms with Gasteiger partial charge in [-0.25, -0.2) is 0 Å². The highest BCUT2D eigenvalue weighted by Gasteiger charge is 2.20. The van der Waals surface area contributed by atoms with Crippen molar-refractivity contribution in [2.45, 2.75) is 90.4 Å². The van der Waals surface area contributed by atoms with E-state index in [2.05, 4.69) is 12.2 Å². The van der Waals surface area contributed by atoms with Crippen molar-refractivity contribution >= 4 is 8.60 Å². The Bertz CT molecular complexity index is 299. The number of likely N-dealkylation sites (N-methyl/N-ethyl adjacent to an activating group) is 1. The Morgan fingerprint density at radius 3 is 1.96 bits per heavy atom. The SMILES string of the molecule is CCCCCC1CCC(CCCCCCOP(OC)OCC[NH2+]C)CC1. The van der Waals surface area contributed by atoms with Crippen LogP contribution in [0.5, 0.6) is 0 Å². The van der Waals surface area contributed by atoms with Crippen molar-refractivity contribution in [2.24, 2.45) is 11.8 Å². The average molecular weight is 391 g/mol. The molecule has 1 unspecified atom stereocenters. The van der Waals surface area contributed by atoms with Crippen LogP contribution < -0.4 is 5.32 Å². The van der Waals surface area contributed by atoms with Crippen molar-refractivity contribution in [1.29, 1.82) is 0 Å². The average Bonchev–Trinajstić information content (AvgIpc) is 2.67. The van der Waals surface area contributed by atoms with Crippen molar-refractivity contribution in [3.05, 3.63) is 0 Å². The van der Waals surface area contributed by atoms with Crippen LogP contribution in [0.1, 0.15) is 90.4 Å². The van der Waals surface area contributed by atoms with E-state index in [0.29, 0.717) is 6.61 Å². The normalized spacial score (nSPS) is 21.8. The van der Waals surface area contributed by atoms with Gasteiger partial charge in [0.25, 0.3) is 0 Å². The molecule has 1 rings (SSSR count). The summed E-state index contributed by atoms with van der Waals surface area (Å²) in [6.45, 7) is 4.71. The van der Waals surface area contributed by atoms with E-state index in [1.807, 2.05) is 7.05 Å². The summed E-state index contributed by atoms with van der Waals surface area (Å²) in [6.07, 6.45) is 18.3. The molecule has 0 aromatic heterocycles. The van der Waals surface area contributed by atoms with Gasteiger partial charge in [0, 0.05) is 7.11 Å². The molecule has 2 N–H and O–H groups in total. The van der Waals surface area contributed by atoms with Gasteiger partial charge in [-0.1, -0.05) is 84.0 Å². The fourth-order valence-electron chi connectivity index (χ4n) is 3.91. The van der Waals surface area contributed by atoms with E-state index in [1.165, 1.54) is 77.0 Å². The molecule has 1 saturated carbocycles. The van der Waals surface area contributed by atoms with E-state index in [9.17, 15) is 0 Å². The van der Waals surface area contributed by atoms with Crippen molar-refractivity contribution in [3.8, 4) is 0 Å². The van der Waals surface area contributed by atoms with E-state index in [4.69, 9.17) is 13.6 Å². The second-order valence-electron chi connectivity index (χ2n) is 7.85. The lowest BCUT2D eigenvalue weighted by atomic mass is 9.78. The molecule has 1 fully saturated rings. The van der Waals surface area contributed by atoms with Gasteiger partial charge < -0.3 is 18.9 Å². The van der Waals surface area contributed by atoms with Crippen molar-refractivity contribution < 1.29 is 18.9 Å². The summed E-state index contributed by atoms with van der Waals surface area (Å²) < 4.78 is 16.5. The first kappa shape index (κ1) is 24.3. The van der Waals surface area contributed by atoms with Crippen molar-refractivity contribution in [1.82, 2.24) is 0 Å². The molecule has 5 heteroatoms. The van der Waals surface area contributed by atoms with Crippen LogP contribution in [0.15, 0.2) is 0 Å². The maximum absolute atomic E-state index is 5.69. The topological polar surface area (TPSA) is 44.3 Å². The van der Waals surface area contributed by atoms with E-state index in [1.54, 1.807) is 7.11 Å². The lowest BCUT2D eigenvalue weighted by Crippen LogP contribution is -2.80. The monoisotopic (exact) mass is 390 g/mol. The first-order valence-electron chi connectivity index (χ1n) is 11.2. The maximum atomic E-state index is 5.69. The van der Waals surface area contributed by atoms with Gasteiger partial charge in [0.1, 0.15) is 6.61 Å². The Morgan fingerprint density at radius 1 is 0.808 bits per heavy atom. The van der Waals surface area contributed by atoms with E-state index < -0.39 is 8.60 Å². The van der Waals surface area contributed by atoms with E-state index in [-0.39, 0.29) is 0 Å². The van der Waals surface area contributed by atoms with Gasteiger partial charge in [-0.15, -0.1) is 0 Å². The van der Waals surface area contributed by atoms with Crippen LogP contribution in [0, 0.1) is 11.8 Å². The molecule has 0 spiro atoms. The van der Waals surface area contributed by atoms with Gasteiger partial charge in [-0.2, -0.15) is 0 Å². The Labute approximate surface area is 164 Å². The lowest BCUT2D eigenvalue weighted by Gasteiger charge is -2.28. The Morgan fingerprint density at radius 2 is 1.38 bits per heavy atom. The highest BCUT2D eigenvalue weighted by Crippen LogP contribution is 2.38. The van der Waals surface area contributed by atoms with Crippen LogP contribution in [-0.2, 0) is 13.6 Å². The number of hydrogen-bond acceptors (Lipinski definition) is 3. The molecule has 0 aliphatic heterocycles. The van der Waals surface area contributed by atoms with E-state index in [0.717, 1.165) is 31.4 Å². The molecule has 0 aromatic rings. The summed E-state index contributed by atoms with van der Waals surface area (Å²) in [4.78, 5) is 0. The summed E-state index contributed by atoms with van der Waals surface area (Å²) in [6, 6.07) is 0. The van der Waals surface area contributed by atoms with Gasteiger partial charge in [0.05, 0.1) is 20.2 Å². The van der Waals surface area contributed by atoms with Crippen LogP contribution in [-0.4, -0.2) is 33.9 Å². The summed E-state index contributed by atoms with van der Waals surface area (Å²) in [5.74, 6) is 2.06. The molecule has 0 amide bonds. The zero-order chi connectivity index (χ0) is 18.9. The number of rotatable bonds is 17. The van der Waals surface area contributed by atoms with Gasteiger partial charge in [-0.3, -0.25) is 0 Å². The van der Waals surface area contributed by atoms with Gasteiger partial charge >= 0.3 is 8.60 Å². The van der Waals surface area contributed by atoms with Crippen LogP contribution in [0.25, 0.3) is 0 Å². The van der Waals surface area contributed by atoms with Gasteiger partial charge in [0.15, 0.2) is 0 Å². The quantitative estimate of drug-likeness (QED) is 0.266. The van der Waals surface area contributed by atoms with Crippen LogP contribution in [0.3, 0.4) is 0 Å². The number of nitrogens with two attached hydrogens (primary N) is 1. The Hall–Kier alpha value is 0.270. The molecule has 4 nitrogen and oxygen atoms in total. The minimum atomic E-state index is -1.14. The van der Waals surface area contributed by atoms with Crippen LogP contribution in [0.2, 0.25) is 0 Å². The van der Waals surface area contributed by atoms with Crippen molar-refractivity contribution in [2.75, 3.05) is 33.9 Å². The smallest absolute Gasteiger partial charge is 0.332 e. The minimum Gasteiger partial charge on any atom is -0.347 e. The molecule has 1 aliphatic rings. The molecule has 0 bridgehead atoms. The maximum Gasteiger partial charge on any atom is 0.332 e. The molecule has 156 valence electrons. The van der Waals surface area contributed by atoms with Crippen LogP contribution in [0.4, 0.5) is 0 Å².